The van der Waals surface area contributed by atoms with Crippen LogP contribution in [0, 0.1) is 12.3 Å². The smallest absolute Gasteiger partial charge is 0.144 e. The Morgan fingerprint density at radius 3 is 2.78 bits per heavy atom. The lowest BCUT2D eigenvalue weighted by molar-refractivity contribution is 0.258. The van der Waals surface area contributed by atoms with Gasteiger partial charge in [-0.1, -0.05) is 36.7 Å². The molecule has 0 atom stereocenters. The number of benzene rings is 1. The third kappa shape index (κ3) is 3.81. The van der Waals surface area contributed by atoms with E-state index >= 15 is 0 Å². The monoisotopic (exact) mass is 270 g/mol. The van der Waals surface area contributed by atoms with E-state index in [-0.39, 0.29) is 5.84 Å². The molecule has 1 aromatic carbocycles. The van der Waals surface area contributed by atoms with E-state index in [1.54, 1.807) is 6.07 Å². The van der Waals surface area contributed by atoms with Crippen LogP contribution in [0.4, 0.5) is 0 Å². The number of rotatable bonds is 5. The van der Waals surface area contributed by atoms with E-state index in [1.807, 2.05) is 32.9 Å². The zero-order valence-electron chi connectivity index (χ0n) is 10.9. The van der Waals surface area contributed by atoms with Gasteiger partial charge in [-0.2, -0.15) is 0 Å². The van der Waals surface area contributed by atoms with Crippen molar-refractivity contribution in [1.82, 2.24) is 0 Å². The van der Waals surface area contributed by atoms with Crippen LogP contribution in [-0.4, -0.2) is 17.6 Å². The summed E-state index contributed by atoms with van der Waals surface area (Å²) in [5.41, 5.74) is 6.23. The number of aryl methyl sites for hydroxylation is 1. The highest BCUT2D eigenvalue weighted by Gasteiger charge is 2.23. The maximum Gasteiger partial charge on any atom is 0.144 e. The molecule has 0 unspecified atom stereocenters. The van der Waals surface area contributed by atoms with Gasteiger partial charge in [0.2, 0.25) is 0 Å². The van der Waals surface area contributed by atoms with Gasteiger partial charge in [-0.25, -0.2) is 0 Å². The van der Waals surface area contributed by atoms with Crippen molar-refractivity contribution < 1.29 is 9.94 Å². The number of oxime groups is 1. The Kier molecular flexibility index (Phi) is 4.84. The normalized spacial score (nSPS) is 12.6. The van der Waals surface area contributed by atoms with Gasteiger partial charge in [-0.3, -0.25) is 0 Å². The summed E-state index contributed by atoms with van der Waals surface area (Å²) in [7, 11) is 0. The Morgan fingerprint density at radius 1 is 1.50 bits per heavy atom. The summed E-state index contributed by atoms with van der Waals surface area (Å²) < 4.78 is 5.67. The minimum absolute atomic E-state index is 0.203. The van der Waals surface area contributed by atoms with Gasteiger partial charge in [0.15, 0.2) is 0 Å². The highest BCUT2D eigenvalue weighted by atomic mass is 35.5. The Bertz CT molecular complexity index is 445. The zero-order chi connectivity index (χ0) is 13.8. The molecular formula is C13H19ClN2O2. The average molecular weight is 271 g/mol. The first-order valence-corrected chi connectivity index (χ1v) is 6.11. The van der Waals surface area contributed by atoms with Gasteiger partial charge >= 0.3 is 0 Å². The maximum absolute atomic E-state index is 8.67. The van der Waals surface area contributed by atoms with E-state index in [0.717, 1.165) is 11.3 Å². The summed E-state index contributed by atoms with van der Waals surface area (Å²) in [5.74, 6) is 0.965. The fraction of sp³-hybridized carbons (Fsp3) is 0.462. The molecule has 100 valence electrons. The third-order valence-electron chi connectivity index (χ3n) is 2.94. The lowest BCUT2D eigenvalue weighted by Gasteiger charge is -2.22. The summed E-state index contributed by atoms with van der Waals surface area (Å²) in [6.07, 6.45) is 0.648. The van der Waals surface area contributed by atoms with Crippen LogP contribution in [0.3, 0.4) is 0 Å². The molecule has 3 N–H and O–H groups in total. The number of hydrogen-bond donors (Lipinski definition) is 2. The van der Waals surface area contributed by atoms with Gasteiger partial charge in [0.05, 0.1) is 6.61 Å². The Morgan fingerprint density at radius 2 is 2.17 bits per heavy atom. The molecule has 0 radical (unpaired) electrons. The number of halogens is 1. The molecule has 0 aliphatic heterocycles. The van der Waals surface area contributed by atoms with Crippen LogP contribution in [0.1, 0.15) is 25.8 Å². The van der Waals surface area contributed by atoms with E-state index < -0.39 is 5.41 Å². The zero-order valence-corrected chi connectivity index (χ0v) is 11.7. The predicted molar refractivity (Wildman–Crippen MR) is 73.5 cm³/mol. The van der Waals surface area contributed by atoms with Crippen LogP contribution in [-0.2, 0) is 0 Å². The molecule has 18 heavy (non-hydrogen) atoms. The molecule has 0 fully saturated rings. The standard InChI is InChI=1S/C13H19ClN2O2/c1-9-4-5-10(14)8-11(9)18-7-6-13(2,3)12(15)16-17/h4-5,8,17H,6-7H2,1-3H3,(H2,15,16). The second-order valence-corrected chi connectivity index (χ2v) is 5.31. The average Bonchev–Trinajstić information content (AvgIpc) is 2.32. The molecule has 0 spiro atoms. The number of nitrogens with zero attached hydrogens (tertiary/aromatic N) is 1. The quantitative estimate of drug-likeness (QED) is 0.374. The third-order valence-corrected chi connectivity index (χ3v) is 3.17. The number of hydrogen-bond acceptors (Lipinski definition) is 3. The Hall–Kier alpha value is -1.42. The van der Waals surface area contributed by atoms with E-state index in [1.165, 1.54) is 0 Å². The predicted octanol–water partition coefficient (Wildman–Crippen LogP) is 3.19. The van der Waals surface area contributed by atoms with Crippen LogP contribution >= 0.6 is 11.6 Å². The fourth-order valence-electron chi connectivity index (χ4n) is 1.41. The highest BCUT2D eigenvalue weighted by molar-refractivity contribution is 6.30. The molecule has 0 bridgehead atoms. The second kappa shape index (κ2) is 5.96. The summed E-state index contributed by atoms with van der Waals surface area (Å²) in [4.78, 5) is 0. The van der Waals surface area contributed by atoms with Gasteiger partial charge < -0.3 is 15.7 Å². The molecule has 1 rings (SSSR count). The summed E-state index contributed by atoms with van der Waals surface area (Å²) in [6.45, 7) is 6.23. The van der Waals surface area contributed by atoms with Crippen molar-refractivity contribution in [1.29, 1.82) is 0 Å². The lowest BCUT2D eigenvalue weighted by atomic mass is 9.88. The van der Waals surface area contributed by atoms with E-state index in [9.17, 15) is 0 Å². The van der Waals surface area contributed by atoms with E-state index in [2.05, 4.69) is 5.16 Å². The molecule has 0 saturated heterocycles. The topological polar surface area (TPSA) is 67.8 Å². The summed E-state index contributed by atoms with van der Waals surface area (Å²) in [6, 6.07) is 5.52. The summed E-state index contributed by atoms with van der Waals surface area (Å²) >= 11 is 5.91. The maximum atomic E-state index is 8.67. The van der Waals surface area contributed by atoms with Crippen molar-refractivity contribution in [3.63, 3.8) is 0 Å². The van der Waals surface area contributed by atoms with Crippen LogP contribution in [0.15, 0.2) is 23.4 Å². The number of amidine groups is 1. The molecule has 0 heterocycles. The van der Waals surface area contributed by atoms with Crippen molar-refractivity contribution in [2.45, 2.75) is 27.2 Å². The van der Waals surface area contributed by atoms with E-state index in [0.29, 0.717) is 18.1 Å². The van der Waals surface area contributed by atoms with Crippen LogP contribution in [0.5, 0.6) is 5.75 Å². The van der Waals surface area contributed by atoms with Crippen molar-refractivity contribution in [3.05, 3.63) is 28.8 Å². The largest absolute Gasteiger partial charge is 0.493 e. The van der Waals surface area contributed by atoms with Crippen LogP contribution < -0.4 is 10.5 Å². The van der Waals surface area contributed by atoms with Gasteiger partial charge in [0, 0.05) is 10.4 Å². The molecule has 4 nitrogen and oxygen atoms in total. The lowest BCUT2D eigenvalue weighted by Crippen LogP contribution is -2.33. The first-order chi connectivity index (χ1) is 8.36. The van der Waals surface area contributed by atoms with Gasteiger partial charge in [0.1, 0.15) is 11.6 Å². The number of ether oxygens (including phenoxy) is 1. The van der Waals surface area contributed by atoms with Crippen LogP contribution in [0.2, 0.25) is 5.02 Å². The molecule has 5 heteroatoms. The van der Waals surface area contributed by atoms with E-state index in [4.69, 9.17) is 27.3 Å². The second-order valence-electron chi connectivity index (χ2n) is 4.88. The molecule has 0 aromatic heterocycles. The molecule has 0 saturated carbocycles. The minimum atomic E-state index is -0.402. The number of nitrogens with two attached hydrogens (primary N) is 1. The molecule has 0 aliphatic carbocycles. The minimum Gasteiger partial charge on any atom is -0.493 e. The van der Waals surface area contributed by atoms with Crippen molar-refractivity contribution in [3.8, 4) is 5.75 Å². The SMILES string of the molecule is Cc1ccc(Cl)cc1OCCC(C)(C)C(N)=NO. The van der Waals surface area contributed by atoms with Crippen molar-refractivity contribution in [2.24, 2.45) is 16.3 Å². The van der Waals surface area contributed by atoms with Gasteiger partial charge in [-0.15, -0.1) is 0 Å². The first-order valence-electron chi connectivity index (χ1n) is 5.74. The molecular weight excluding hydrogens is 252 g/mol. The first kappa shape index (κ1) is 14.6. The molecule has 1 aromatic rings. The van der Waals surface area contributed by atoms with Crippen LogP contribution in [0.25, 0.3) is 0 Å². The molecule has 0 amide bonds. The van der Waals surface area contributed by atoms with Crippen molar-refractivity contribution in [2.75, 3.05) is 6.61 Å². The summed E-state index contributed by atoms with van der Waals surface area (Å²) in [5, 5.41) is 12.4. The Balaban J connectivity index is 2.59. The van der Waals surface area contributed by atoms with Gasteiger partial charge in [-0.05, 0) is 31.0 Å². The van der Waals surface area contributed by atoms with Crippen molar-refractivity contribution >= 4 is 17.4 Å². The highest BCUT2D eigenvalue weighted by Crippen LogP contribution is 2.25. The van der Waals surface area contributed by atoms with Gasteiger partial charge in [0.25, 0.3) is 0 Å². The fourth-order valence-corrected chi connectivity index (χ4v) is 1.57. The Labute approximate surface area is 112 Å². The molecule has 0 aliphatic rings.